The lowest BCUT2D eigenvalue weighted by atomic mass is 10.1. The van der Waals surface area contributed by atoms with Crippen molar-refractivity contribution in [3.05, 3.63) is 29.8 Å². The Balaban J connectivity index is 1.87. The number of hydrogen-bond donors (Lipinski definition) is 0. The first-order valence-corrected chi connectivity index (χ1v) is 7.84. The molecule has 1 aliphatic rings. The van der Waals surface area contributed by atoms with E-state index in [0.29, 0.717) is 39.3 Å². The molecule has 0 aliphatic carbocycles. The summed E-state index contributed by atoms with van der Waals surface area (Å²) in [7, 11) is 1.63. The van der Waals surface area contributed by atoms with E-state index in [4.69, 9.17) is 9.47 Å². The van der Waals surface area contributed by atoms with Crippen molar-refractivity contribution >= 4 is 11.8 Å². The summed E-state index contributed by atoms with van der Waals surface area (Å²) in [6.07, 6.45) is 0.708. The maximum atomic E-state index is 12.3. The first-order chi connectivity index (χ1) is 11.1. The molecule has 6 heteroatoms. The molecule has 0 spiro atoms. The summed E-state index contributed by atoms with van der Waals surface area (Å²) < 4.78 is 10.4. The molecule has 1 aliphatic heterocycles. The van der Waals surface area contributed by atoms with E-state index in [2.05, 4.69) is 0 Å². The van der Waals surface area contributed by atoms with Crippen LogP contribution in [-0.4, -0.2) is 68.1 Å². The van der Waals surface area contributed by atoms with E-state index in [1.165, 1.54) is 6.92 Å². The molecular formula is C17H24N2O4. The number of methoxy groups -OCH3 is 1. The van der Waals surface area contributed by atoms with Crippen LogP contribution in [0.25, 0.3) is 0 Å². The fourth-order valence-corrected chi connectivity index (χ4v) is 2.48. The van der Waals surface area contributed by atoms with Crippen molar-refractivity contribution in [1.82, 2.24) is 9.80 Å². The quantitative estimate of drug-likeness (QED) is 0.783. The molecule has 0 bridgehead atoms. The Morgan fingerprint density at radius 1 is 1.22 bits per heavy atom. The molecule has 23 heavy (non-hydrogen) atoms. The highest BCUT2D eigenvalue weighted by Crippen LogP contribution is 2.12. The van der Waals surface area contributed by atoms with Crippen molar-refractivity contribution in [3.8, 4) is 5.75 Å². The van der Waals surface area contributed by atoms with E-state index in [9.17, 15) is 9.59 Å². The molecule has 0 radical (unpaired) electrons. The molecule has 1 heterocycles. The van der Waals surface area contributed by atoms with Crippen molar-refractivity contribution in [2.45, 2.75) is 13.3 Å². The second-order valence-corrected chi connectivity index (χ2v) is 5.53. The molecular weight excluding hydrogens is 296 g/mol. The van der Waals surface area contributed by atoms with Gasteiger partial charge in [-0.1, -0.05) is 12.1 Å². The van der Waals surface area contributed by atoms with Crippen LogP contribution < -0.4 is 4.74 Å². The van der Waals surface area contributed by atoms with Gasteiger partial charge in [0.05, 0.1) is 26.9 Å². The summed E-state index contributed by atoms with van der Waals surface area (Å²) in [5.74, 6) is 0.707. The fourth-order valence-electron chi connectivity index (χ4n) is 2.48. The van der Waals surface area contributed by atoms with Gasteiger partial charge in [0.15, 0.2) is 0 Å². The Morgan fingerprint density at radius 3 is 2.43 bits per heavy atom. The van der Waals surface area contributed by atoms with Crippen LogP contribution in [0.15, 0.2) is 24.3 Å². The summed E-state index contributed by atoms with van der Waals surface area (Å²) >= 11 is 0. The Labute approximate surface area is 137 Å². The number of benzene rings is 1. The zero-order chi connectivity index (χ0) is 16.7. The molecule has 126 valence electrons. The lowest BCUT2D eigenvalue weighted by Gasteiger charge is -2.29. The summed E-state index contributed by atoms with van der Waals surface area (Å²) in [5.41, 5.74) is 1.11. The van der Waals surface area contributed by atoms with Gasteiger partial charge >= 0.3 is 0 Å². The van der Waals surface area contributed by atoms with E-state index in [0.717, 1.165) is 11.3 Å². The number of carbonyl (C=O) groups is 2. The predicted molar refractivity (Wildman–Crippen MR) is 86.4 cm³/mol. The van der Waals surface area contributed by atoms with Crippen molar-refractivity contribution < 1.29 is 19.1 Å². The van der Waals surface area contributed by atoms with Crippen LogP contribution in [-0.2, 0) is 20.7 Å². The number of nitrogens with zero attached hydrogens (tertiary/aromatic N) is 2. The van der Waals surface area contributed by atoms with Crippen LogP contribution in [0.5, 0.6) is 5.75 Å². The minimum atomic E-state index is -0.0832. The second-order valence-electron chi connectivity index (χ2n) is 5.53. The average molecular weight is 320 g/mol. The van der Waals surface area contributed by atoms with Gasteiger partial charge in [-0.2, -0.15) is 0 Å². The highest BCUT2D eigenvalue weighted by molar-refractivity contribution is 5.83. The number of rotatable bonds is 6. The van der Waals surface area contributed by atoms with Gasteiger partial charge in [0.25, 0.3) is 0 Å². The zero-order valence-corrected chi connectivity index (χ0v) is 13.8. The number of carbonyl (C=O) groups excluding carboxylic acids is 2. The molecule has 1 aromatic rings. The molecule has 1 aromatic carbocycles. The fraction of sp³-hybridized carbons (Fsp3) is 0.529. The summed E-state index contributed by atoms with van der Waals surface area (Å²) in [6, 6.07) is 7.74. The van der Waals surface area contributed by atoms with E-state index >= 15 is 0 Å². The van der Waals surface area contributed by atoms with E-state index in [-0.39, 0.29) is 18.4 Å². The second kappa shape index (κ2) is 8.53. The molecule has 0 atom stereocenters. The minimum absolute atomic E-state index is 0.0155. The van der Waals surface area contributed by atoms with Crippen LogP contribution in [0.1, 0.15) is 12.5 Å². The molecule has 1 saturated heterocycles. The minimum Gasteiger partial charge on any atom is -0.497 e. The van der Waals surface area contributed by atoms with Gasteiger partial charge in [-0.3, -0.25) is 9.59 Å². The summed E-state index contributed by atoms with van der Waals surface area (Å²) in [4.78, 5) is 27.4. The smallest absolute Gasteiger partial charge is 0.242 e. The van der Waals surface area contributed by atoms with Crippen molar-refractivity contribution in [2.75, 3.05) is 46.5 Å². The number of amides is 2. The molecule has 2 rings (SSSR count). The van der Waals surface area contributed by atoms with E-state index < -0.39 is 0 Å². The lowest BCUT2D eigenvalue weighted by molar-refractivity contribution is -0.142. The third-order valence-corrected chi connectivity index (χ3v) is 3.96. The van der Waals surface area contributed by atoms with Crippen molar-refractivity contribution in [2.24, 2.45) is 0 Å². The van der Waals surface area contributed by atoms with Gasteiger partial charge in [-0.15, -0.1) is 0 Å². The van der Waals surface area contributed by atoms with E-state index in [1.54, 1.807) is 16.9 Å². The Hall–Kier alpha value is -2.08. The van der Waals surface area contributed by atoms with Crippen LogP contribution >= 0.6 is 0 Å². The van der Waals surface area contributed by atoms with E-state index in [1.807, 2.05) is 24.3 Å². The molecule has 0 saturated carbocycles. The molecule has 0 aromatic heterocycles. The Morgan fingerprint density at radius 2 is 1.87 bits per heavy atom. The maximum Gasteiger partial charge on any atom is 0.242 e. The summed E-state index contributed by atoms with van der Waals surface area (Å²) in [5, 5.41) is 0. The topological polar surface area (TPSA) is 59.1 Å². The predicted octanol–water partition coefficient (Wildman–Crippen LogP) is 0.945. The SMILES string of the molecule is COc1ccc(CCN(CC(=O)N2CCOCC2)C(C)=O)cc1. The highest BCUT2D eigenvalue weighted by Gasteiger charge is 2.20. The number of morpholine rings is 1. The first kappa shape index (κ1) is 17.3. The van der Waals surface area contributed by atoms with Crippen molar-refractivity contribution in [3.63, 3.8) is 0 Å². The van der Waals surface area contributed by atoms with Crippen LogP contribution in [0, 0.1) is 0 Å². The van der Waals surface area contributed by atoms with Gasteiger partial charge < -0.3 is 19.3 Å². The lowest BCUT2D eigenvalue weighted by Crippen LogP contribution is -2.47. The maximum absolute atomic E-state index is 12.3. The summed E-state index contributed by atoms with van der Waals surface area (Å²) in [6.45, 7) is 4.49. The first-order valence-electron chi connectivity index (χ1n) is 7.84. The molecule has 0 N–H and O–H groups in total. The van der Waals surface area contributed by atoms with Crippen LogP contribution in [0.2, 0.25) is 0 Å². The molecule has 0 unspecified atom stereocenters. The Kier molecular flexibility index (Phi) is 6.40. The van der Waals surface area contributed by atoms with Crippen LogP contribution in [0.3, 0.4) is 0 Å². The van der Waals surface area contributed by atoms with Crippen molar-refractivity contribution in [1.29, 1.82) is 0 Å². The Bertz CT molecular complexity index is 524. The molecule has 2 amide bonds. The zero-order valence-electron chi connectivity index (χ0n) is 13.8. The van der Waals surface area contributed by atoms with Gasteiger partial charge in [0, 0.05) is 26.6 Å². The van der Waals surface area contributed by atoms with Crippen LogP contribution in [0.4, 0.5) is 0 Å². The standard InChI is InChI=1S/C17H24N2O4/c1-14(20)19(13-17(21)18-9-11-23-12-10-18)8-7-15-3-5-16(22-2)6-4-15/h3-6H,7-13H2,1-2H3. The third kappa shape index (κ3) is 5.25. The third-order valence-electron chi connectivity index (χ3n) is 3.96. The monoisotopic (exact) mass is 320 g/mol. The molecule has 6 nitrogen and oxygen atoms in total. The van der Waals surface area contributed by atoms with Gasteiger partial charge in [0.2, 0.25) is 11.8 Å². The number of ether oxygens (including phenoxy) is 2. The van der Waals surface area contributed by atoms with Gasteiger partial charge in [-0.05, 0) is 24.1 Å². The van der Waals surface area contributed by atoms with Gasteiger partial charge in [-0.25, -0.2) is 0 Å². The largest absolute Gasteiger partial charge is 0.497 e. The number of hydrogen-bond acceptors (Lipinski definition) is 4. The normalized spacial score (nSPS) is 14.4. The molecule has 1 fully saturated rings. The highest BCUT2D eigenvalue weighted by atomic mass is 16.5. The van der Waals surface area contributed by atoms with Gasteiger partial charge in [0.1, 0.15) is 5.75 Å². The average Bonchev–Trinajstić information content (AvgIpc) is 2.59.